The van der Waals surface area contributed by atoms with Crippen molar-refractivity contribution in [3.63, 3.8) is 0 Å². The van der Waals surface area contributed by atoms with Gasteiger partial charge in [-0.1, -0.05) is 6.07 Å². The van der Waals surface area contributed by atoms with E-state index in [-0.39, 0.29) is 12.5 Å². The summed E-state index contributed by atoms with van der Waals surface area (Å²) in [5.41, 5.74) is -0.0563. The van der Waals surface area contributed by atoms with Crippen LogP contribution in [0.4, 0.5) is 19.0 Å². The first-order chi connectivity index (χ1) is 15.8. The SMILES string of the molecule is COc1cc(/C=C/C(=O)N2CCCN(c3ccc(C(F)(F)F)cn3)CC2)ccc1OCC#N. The average molecular weight is 460 g/mol. The first kappa shape index (κ1) is 23.9. The molecule has 1 amide bonds. The summed E-state index contributed by atoms with van der Waals surface area (Å²) in [6, 6.07) is 9.39. The maximum Gasteiger partial charge on any atom is 0.417 e. The Morgan fingerprint density at radius 3 is 2.67 bits per heavy atom. The van der Waals surface area contributed by atoms with Crippen molar-refractivity contribution in [1.29, 1.82) is 5.26 Å². The number of nitriles is 1. The van der Waals surface area contributed by atoms with Gasteiger partial charge in [0.2, 0.25) is 5.91 Å². The molecule has 2 heterocycles. The molecule has 0 saturated carbocycles. The van der Waals surface area contributed by atoms with Crippen LogP contribution in [0.5, 0.6) is 11.5 Å². The zero-order valence-electron chi connectivity index (χ0n) is 18.0. The van der Waals surface area contributed by atoms with Crippen LogP contribution in [0.25, 0.3) is 6.08 Å². The van der Waals surface area contributed by atoms with Crippen LogP contribution < -0.4 is 14.4 Å². The lowest BCUT2D eigenvalue weighted by molar-refractivity contribution is -0.137. The van der Waals surface area contributed by atoms with Crippen molar-refractivity contribution in [2.45, 2.75) is 12.6 Å². The minimum absolute atomic E-state index is 0.0992. The highest BCUT2D eigenvalue weighted by Crippen LogP contribution is 2.30. The number of carbonyl (C=O) groups is 1. The first-order valence-corrected chi connectivity index (χ1v) is 10.2. The van der Waals surface area contributed by atoms with Crippen molar-refractivity contribution >= 4 is 17.8 Å². The molecule has 0 N–H and O–H groups in total. The maximum atomic E-state index is 12.7. The van der Waals surface area contributed by atoms with Crippen molar-refractivity contribution in [2.75, 3.05) is 44.8 Å². The molecule has 0 aliphatic carbocycles. The summed E-state index contributed by atoms with van der Waals surface area (Å²) < 4.78 is 48.8. The average Bonchev–Trinajstić information content (AvgIpc) is 3.07. The monoisotopic (exact) mass is 460 g/mol. The summed E-state index contributed by atoms with van der Waals surface area (Å²) in [7, 11) is 1.49. The van der Waals surface area contributed by atoms with Crippen LogP contribution in [-0.4, -0.2) is 55.7 Å². The number of methoxy groups -OCH3 is 1. The maximum absolute atomic E-state index is 12.7. The van der Waals surface area contributed by atoms with Gasteiger partial charge in [-0.05, 0) is 42.3 Å². The Balaban J connectivity index is 1.60. The molecule has 1 aromatic heterocycles. The van der Waals surface area contributed by atoms with E-state index in [0.717, 1.165) is 17.8 Å². The highest BCUT2D eigenvalue weighted by Gasteiger charge is 2.31. The highest BCUT2D eigenvalue weighted by molar-refractivity contribution is 5.92. The molecule has 7 nitrogen and oxygen atoms in total. The molecule has 0 unspecified atom stereocenters. The lowest BCUT2D eigenvalue weighted by Crippen LogP contribution is -2.34. The van der Waals surface area contributed by atoms with E-state index in [2.05, 4.69) is 4.98 Å². The molecule has 1 aliphatic heterocycles. The second kappa shape index (κ2) is 10.7. The molecule has 174 valence electrons. The van der Waals surface area contributed by atoms with Crippen LogP contribution in [-0.2, 0) is 11.0 Å². The second-order valence-electron chi connectivity index (χ2n) is 7.26. The number of hydrogen-bond donors (Lipinski definition) is 0. The minimum atomic E-state index is -4.42. The third-order valence-electron chi connectivity index (χ3n) is 5.11. The number of pyridine rings is 1. The third-order valence-corrected chi connectivity index (χ3v) is 5.11. The molecule has 0 radical (unpaired) electrons. The number of alkyl halides is 3. The van der Waals surface area contributed by atoms with E-state index in [9.17, 15) is 18.0 Å². The lowest BCUT2D eigenvalue weighted by Gasteiger charge is -2.22. The number of rotatable bonds is 6. The fraction of sp³-hybridized carbons (Fsp3) is 0.348. The summed E-state index contributed by atoms with van der Waals surface area (Å²) in [6.45, 7) is 1.92. The number of ether oxygens (including phenoxy) is 2. The van der Waals surface area contributed by atoms with Crippen LogP contribution in [0.1, 0.15) is 17.5 Å². The van der Waals surface area contributed by atoms with E-state index in [4.69, 9.17) is 14.7 Å². The molecule has 0 bridgehead atoms. The van der Waals surface area contributed by atoms with E-state index < -0.39 is 11.7 Å². The van der Waals surface area contributed by atoms with Gasteiger partial charge in [-0.15, -0.1) is 0 Å². The molecule has 1 aromatic carbocycles. The molecule has 0 atom stereocenters. The molecule has 1 fully saturated rings. The van der Waals surface area contributed by atoms with Crippen LogP contribution in [0.15, 0.2) is 42.6 Å². The van der Waals surface area contributed by atoms with E-state index in [1.807, 2.05) is 11.0 Å². The summed E-state index contributed by atoms with van der Waals surface area (Å²) in [5.74, 6) is 1.18. The first-order valence-electron chi connectivity index (χ1n) is 10.2. The number of halogens is 3. The molecule has 33 heavy (non-hydrogen) atoms. The lowest BCUT2D eigenvalue weighted by atomic mass is 10.2. The van der Waals surface area contributed by atoms with Crippen molar-refractivity contribution in [3.05, 3.63) is 53.7 Å². The predicted molar refractivity (Wildman–Crippen MR) is 116 cm³/mol. The van der Waals surface area contributed by atoms with Gasteiger partial charge >= 0.3 is 6.18 Å². The number of nitrogens with zero attached hydrogens (tertiary/aromatic N) is 4. The van der Waals surface area contributed by atoms with Crippen LogP contribution >= 0.6 is 0 Å². The Morgan fingerprint density at radius 1 is 1.18 bits per heavy atom. The second-order valence-corrected chi connectivity index (χ2v) is 7.26. The number of hydrogen-bond acceptors (Lipinski definition) is 6. The van der Waals surface area contributed by atoms with E-state index in [0.29, 0.717) is 49.9 Å². The van der Waals surface area contributed by atoms with Gasteiger partial charge in [0.1, 0.15) is 11.9 Å². The van der Waals surface area contributed by atoms with Gasteiger partial charge in [0.05, 0.1) is 12.7 Å². The standard InChI is InChI=1S/C23H23F3N4O3/c1-32-20-15-17(3-6-19(20)33-14-9-27)4-8-22(31)30-11-2-10-29(12-13-30)21-7-5-18(16-28-21)23(24,25)26/h3-8,15-16H,2,10-14H2,1H3/b8-4+. The van der Waals surface area contributed by atoms with Gasteiger partial charge in [0, 0.05) is 38.5 Å². The fourth-order valence-electron chi connectivity index (χ4n) is 3.40. The Morgan fingerprint density at radius 2 is 2.00 bits per heavy atom. The minimum Gasteiger partial charge on any atom is -0.493 e. The summed E-state index contributed by atoms with van der Waals surface area (Å²) in [4.78, 5) is 20.2. The zero-order chi connectivity index (χ0) is 23.8. The van der Waals surface area contributed by atoms with Gasteiger partial charge in [0.15, 0.2) is 18.1 Å². The quantitative estimate of drug-likeness (QED) is 0.611. The van der Waals surface area contributed by atoms with E-state index in [1.165, 1.54) is 19.3 Å². The smallest absolute Gasteiger partial charge is 0.417 e. The van der Waals surface area contributed by atoms with Crippen molar-refractivity contribution in [3.8, 4) is 17.6 Å². The van der Waals surface area contributed by atoms with Gasteiger partial charge in [-0.3, -0.25) is 4.79 Å². The topological polar surface area (TPSA) is 78.7 Å². The van der Waals surface area contributed by atoms with E-state index in [1.54, 1.807) is 29.2 Å². The van der Waals surface area contributed by atoms with E-state index >= 15 is 0 Å². The number of aromatic nitrogens is 1. The Kier molecular flexibility index (Phi) is 7.77. The zero-order valence-corrected chi connectivity index (χ0v) is 18.0. The molecule has 10 heteroatoms. The Labute approximate surface area is 189 Å². The summed E-state index contributed by atoms with van der Waals surface area (Å²) in [6.07, 6.45) is 0.210. The van der Waals surface area contributed by atoms with Crippen molar-refractivity contribution in [2.24, 2.45) is 0 Å². The molecular weight excluding hydrogens is 437 g/mol. The van der Waals surface area contributed by atoms with Crippen LogP contribution in [0.2, 0.25) is 0 Å². The fourth-order valence-corrected chi connectivity index (χ4v) is 3.40. The number of carbonyl (C=O) groups excluding carboxylic acids is 1. The normalized spacial score (nSPS) is 14.6. The van der Waals surface area contributed by atoms with Crippen molar-refractivity contribution in [1.82, 2.24) is 9.88 Å². The molecule has 1 saturated heterocycles. The van der Waals surface area contributed by atoms with Gasteiger partial charge in [-0.2, -0.15) is 18.4 Å². The molecule has 3 rings (SSSR count). The van der Waals surface area contributed by atoms with Crippen LogP contribution in [0, 0.1) is 11.3 Å². The molecule has 2 aromatic rings. The molecule has 0 spiro atoms. The Bertz CT molecular complexity index is 1030. The molecular formula is C23H23F3N4O3. The number of amides is 1. The highest BCUT2D eigenvalue weighted by atomic mass is 19.4. The summed E-state index contributed by atoms with van der Waals surface area (Å²) in [5, 5.41) is 8.64. The number of benzene rings is 1. The summed E-state index contributed by atoms with van der Waals surface area (Å²) >= 11 is 0. The molecule has 1 aliphatic rings. The largest absolute Gasteiger partial charge is 0.493 e. The third kappa shape index (κ3) is 6.38. The van der Waals surface area contributed by atoms with Crippen LogP contribution in [0.3, 0.4) is 0 Å². The predicted octanol–water partition coefficient (Wildman–Crippen LogP) is 3.76. The van der Waals surface area contributed by atoms with Crippen molar-refractivity contribution < 1.29 is 27.4 Å². The Hall–Kier alpha value is -3.74. The van der Waals surface area contributed by atoms with Gasteiger partial charge in [0.25, 0.3) is 0 Å². The van der Waals surface area contributed by atoms with Gasteiger partial charge in [-0.25, -0.2) is 4.98 Å². The number of anilines is 1. The van der Waals surface area contributed by atoms with Gasteiger partial charge < -0.3 is 19.3 Å².